The molecule has 0 saturated carbocycles. The lowest BCUT2D eigenvalue weighted by Gasteiger charge is -2.14. The van der Waals surface area contributed by atoms with Gasteiger partial charge in [-0.05, 0) is 49.6 Å². The lowest BCUT2D eigenvalue weighted by molar-refractivity contribution is -0.130. The van der Waals surface area contributed by atoms with Gasteiger partial charge in [-0.25, -0.2) is 0 Å². The summed E-state index contributed by atoms with van der Waals surface area (Å²) in [5, 5.41) is 9.03. The monoisotopic (exact) mass is 365 g/mol. The van der Waals surface area contributed by atoms with Crippen LogP contribution < -0.4 is 4.74 Å². The van der Waals surface area contributed by atoms with E-state index in [1.807, 2.05) is 0 Å². The fourth-order valence-corrected chi connectivity index (χ4v) is 2.61. The summed E-state index contributed by atoms with van der Waals surface area (Å²) >= 11 is 6.67. The Morgan fingerprint density at radius 2 is 1.88 bits per heavy atom. The first-order valence-corrected chi connectivity index (χ1v) is 6.46. The third kappa shape index (κ3) is 3.97. The van der Waals surface area contributed by atoms with Crippen LogP contribution >= 0.6 is 31.9 Å². The number of aliphatic hydroxyl groups excluding tert-OH is 1. The van der Waals surface area contributed by atoms with Crippen molar-refractivity contribution in [1.82, 2.24) is 4.90 Å². The number of carbonyl (C=O) groups excluding carboxylic acids is 1. The van der Waals surface area contributed by atoms with Crippen molar-refractivity contribution in [1.29, 1.82) is 0 Å². The molecule has 4 nitrogen and oxygen atoms in total. The Bertz CT molecular complexity index is 398. The SMILES string of the molecule is CN(C)C(=O)COc1c(Br)cc(CO)cc1Br. The lowest BCUT2D eigenvalue weighted by atomic mass is 10.2. The number of ether oxygens (including phenoxy) is 1. The molecule has 1 aromatic rings. The summed E-state index contributed by atoms with van der Waals surface area (Å²) in [5.74, 6) is 0.437. The van der Waals surface area contributed by atoms with Crippen molar-refractivity contribution in [3.05, 3.63) is 26.6 Å². The largest absolute Gasteiger partial charge is 0.481 e. The zero-order chi connectivity index (χ0) is 13.0. The highest BCUT2D eigenvalue weighted by atomic mass is 79.9. The van der Waals surface area contributed by atoms with E-state index in [1.165, 1.54) is 4.90 Å². The third-order valence-corrected chi connectivity index (χ3v) is 3.26. The van der Waals surface area contributed by atoms with Crippen molar-refractivity contribution in [2.45, 2.75) is 6.61 Å². The third-order valence-electron chi connectivity index (χ3n) is 2.08. The molecule has 0 spiro atoms. The highest BCUT2D eigenvalue weighted by Gasteiger charge is 2.11. The van der Waals surface area contributed by atoms with Gasteiger partial charge in [0.05, 0.1) is 15.6 Å². The molecule has 0 heterocycles. The van der Waals surface area contributed by atoms with Crippen LogP contribution in [-0.2, 0) is 11.4 Å². The maximum atomic E-state index is 11.4. The predicted octanol–water partition coefficient (Wildman–Crippen LogP) is 2.17. The minimum absolute atomic E-state index is 0.0251. The minimum Gasteiger partial charge on any atom is -0.481 e. The van der Waals surface area contributed by atoms with E-state index >= 15 is 0 Å². The van der Waals surface area contributed by atoms with Gasteiger partial charge >= 0.3 is 0 Å². The second kappa shape index (κ2) is 6.37. The number of rotatable bonds is 4. The molecule has 0 unspecified atom stereocenters. The Balaban J connectivity index is 2.81. The van der Waals surface area contributed by atoms with Crippen LogP contribution in [0, 0.1) is 0 Å². The number of amides is 1. The molecule has 0 atom stereocenters. The molecule has 0 aliphatic rings. The van der Waals surface area contributed by atoms with Crippen LogP contribution in [0.4, 0.5) is 0 Å². The van der Waals surface area contributed by atoms with Crippen molar-refractivity contribution in [3.63, 3.8) is 0 Å². The Hall–Kier alpha value is -0.590. The highest BCUT2D eigenvalue weighted by Crippen LogP contribution is 2.34. The second-order valence-electron chi connectivity index (χ2n) is 3.62. The van der Waals surface area contributed by atoms with Crippen molar-refractivity contribution < 1.29 is 14.6 Å². The van der Waals surface area contributed by atoms with Crippen LogP contribution in [0.2, 0.25) is 0 Å². The Morgan fingerprint density at radius 3 is 2.29 bits per heavy atom. The van der Waals surface area contributed by atoms with Gasteiger partial charge in [0.2, 0.25) is 0 Å². The maximum Gasteiger partial charge on any atom is 0.259 e. The predicted molar refractivity (Wildman–Crippen MR) is 72.0 cm³/mol. The van der Waals surface area contributed by atoms with Gasteiger partial charge < -0.3 is 14.7 Å². The average molecular weight is 367 g/mol. The summed E-state index contributed by atoms with van der Waals surface area (Å²) in [6, 6.07) is 3.50. The topological polar surface area (TPSA) is 49.8 Å². The van der Waals surface area contributed by atoms with E-state index in [2.05, 4.69) is 31.9 Å². The average Bonchev–Trinajstić information content (AvgIpc) is 2.27. The number of hydrogen-bond donors (Lipinski definition) is 1. The Labute approximate surface area is 117 Å². The van der Waals surface area contributed by atoms with Crippen LogP contribution in [0.15, 0.2) is 21.1 Å². The quantitative estimate of drug-likeness (QED) is 0.888. The number of likely N-dealkylation sites (N-methyl/N-ethyl adjacent to an activating group) is 1. The Kier molecular flexibility index (Phi) is 5.42. The smallest absolute Gasteiger partial charge is 0.259 e. The molecule has 0 aliphatic heterocycles. The van der Waals surface area contributed by atoms with Crippen molar-refractivity contribution in [2.24, 2.45) is 0 Å². The standard InChI is InChI=1S/C11H13Br2NO3/c1-14(2)10(16)6-17-11-8(12)3-7(5-15)4-9(11)13/h3-4,15H,5-6H2,1-2H3. The molecular weight excluding hydrogens is 354 g/mol. The highest BCUT2D eigenvalue weighted by molar-refractivity contribution is 9.11. The van der Waals surface area contributed by atoms with Crippen molar-refractivity contribution >= 4 is 37.8 Å². The maximum absolute atomic E-state index is 11.4. The van der Waals surface area contributed by atoms with Crippen LogP contribution in [0.1, 0.15) is 5.56 Å². The number of aliphatic hydroxyl groups is 1. The molecule has 0 radical (unpaired) electrons. The molecule has 1 aromatic carbocycles. The van der Waals surface area contributed by atoms with E-state index < -0.39 is 0 Å². The molecule has 0 aliphatic carbocycles. The molecule has 1 N–H and O–H groups in total. The molecule has 94 valence electrons. The van der Waals surface area contributed by atoms with E-state index in [4.69, 9.17) is 9.84 Å². The van der Waals surface area contributed by atoms with E-state index in [-0.39, 0.29) is 19.1 Å². The molecule has 1 rings (SSSR count). The van der Waals surface area contributed by atoms with Gasteiger partial charge in [-0.3, -0.25) is 4.79 Å². The van der Waals surface area contributed by atoms with Crippen LogP contribution in [0.25, 0.3) is 0 Å². The molecule has 0 aromatic heterocycles. The first-order chi connectivity index (χ1) is 7.95. The van der Waals surface area contributed by atoms with E-state index in [0.29, 0.717) is 14.7 Å². The van der Waals surface area contributed by atoms with Crippen LogP contribution in [-0.4, -0.2) is 36.6 Å². The number of benzene rings is 1. The van der Waals surface area contributed by atoms with Gasteiger partial charge in [0.25, 0.3) is 5.91 Å². The number of carbonyl (C=O) groups is 1. The van der Waals surface area contributed by atoms with Gasteiger partial charge in [0, 0.05) is 14.1 Å². The van der Waals surface area contributed by atoms with Gasteiger partial charge in [0.15, 0.2) is 6.61 Å². The van der Waals surface area contributed by atoms with Gasteiger partial charge in [-0.1, -0.05) is 0 Å². The zero-order valence-electron chi connectivity index (χ0n) is 9.54. The number of halogens is 2. The first kappa shape index (κ1) is 14.5. The molecule has 17 heavy (non-hydrogen) atoms. The van der Waals surface area contributed by atoms with Gasteiger partial charge in [-0.2, -0.15) is 0 Å². The summed E-state index contributed by atoms with van der Waals surface area (Å²) in [6.07, 6.45) is 0. The normalized spacial score (nSPS) is 10.2. The van der Waals surface area contributed by atoms with Crippen LogP contribution in [0.5, 0.6) is 5.75 Å². The zero-order valence-corrected chi connectivity index (χ0v) is 12.7. The van der Waals surface area contributed by atoms with Crippen molar-refractivity contribution in [2.75, 3.05) is 20.7 Å². The summed E-state index contributed by atoms with van der Waals surface area (Å²) in [4.78, 5) is 12.9. The lowest BCUT2D eigenvalue weighted by Crippen LogP contribution is -2.27. The summed E-state index contributed by atoms with van der Waals surface area (Å²) in [7, 11) is 3.34. The second-order valence-corrected chi connectivity index (χ2v) is 5.33. The summed E-state index contributed by atoms with van der Waals surface area (Å²) in [6.45, 7) is -0.0726. The van der Waals surface area contributed by atoms with Crippen molar-refractivity contribution in [3.8, 4) is 5.75 Å². The summed E-state index contributed by atoms with van der Waals surface area (Å²) < 4.78 is 6.82. The summed E-state index contributed by atoms with van der Waals surface area (Å²) in [5.41, 5.74) is 0.759. The molecule has 0 saturated heterocycles. The van der Waals surface area contributed by atoms with E-state index in [0.717, 1.165) is 5.56 Å². The first-order valence-electron chi connectivity index (χ1n) is 4.87. The van der Waals surface area contributed by atoms with Gasteiger partial charge in [-0.15, -0.1) is 0 Å². The molecular formula is C11H13Br2NO3. The Morgan fingerprint density at radius 1 is 1.35 bits per heavy atom. The van der Waals surface area contributed by atoms with Crippen LogP contribution in [0.3, 0.4) is 0 Å². The number of nitrogens with zero attached hydrogens (tertiary/aromatic N) is 1. The minimum atomic E-state index is -0.116. The molecule has 6 heteroatoms. The number of hydrogen-bond acceptors (Lipinski definition) is 3. The molecule has 0 bridgehead atoms. The van der Waals surface area contributed by atoms with Gasteiger partial charge in [0.1, 0.15) is 5.75 Å². The fourth-order valence-electron chi connectivity index (χ4n) is 1.10. The van der Waals surface area contributed by atoms with E-state index in [1.54, 1.807) is 26.2 Å². The van der Waals surface area contributed by atoms with E-state index in [9.17, 15) is 4.79 Å². The molecule has 1 amide bonds. The molecule has 0 fully saturated rings. The fraction of sp³-hybridized carbons (Fsp3) is 0.364.